The van der Waals surface area contributed by atoms with Crippen LogP contribution in [0, 0.1) is 23.2 Å². The molecule has 6 heteroatoms. The molecule has 34 heavy (non-hydrogen) atoms. The molecule has 0 bridgehead atoms. The molecule has 4 rings (SSSR count). The van der Waals surface area contributed by atoms with E-state index in [4.69, 9.17) is 27.5 Å². The van der Waals surface area contributed by atoms with Gasteiger partial charge < -0.3 is 14.4 Å². The monoisotopic (exact) mass is 481 g/mol. The minimum Gasteiger partial charge on any atom is -0.493 e. The van der Waals surface area contributed by atoms with Crippen molar-refractivity contribution in [2.45, 2.75) is 59.3 Å². The molecule has 2 aliphatic carbocycles. The highest BCUT2D eigenvalue weighted by atomic mass is 35.5. The summed E-state index contributed by atoms with van der Waals surface area (Å²) in [5, 5.41) is 0.333. The zero-order valence-corrected chi connectivity index (χ0v) is 21.6. The minimum atomic E-state index is -0.485. The predicted octanol–water partition coefficient (Wildman–Crippen LogP) is 5.68. The number of hydrogen-bond donors (Lipinski definition) is 0. The summed E-state index contributed by atoms with van der Waals surface area (Å²) in [7, 11) is 3.53. The van der Waals surface area contributed by atoms with E-state index in [9.17, 15) is 9.59 Å². The summed E-state index contributed by atoms with van der Waals surface area (Å²) in [5.41, 5.74) is 3.85. The molecule has 180 valence electrons. The van der Waals surface area contributed by atoms with Crippen LogP contribution in [0.1, 0.15) is 64.9 Å². The van der Waals surface area contributed by atoms with E-state index < -0.39 is 5.92 Å². The number of carbonyl (C=O) groups excluding carboxylic acids is 2. The lowest BCUT2D eigenvalue weighted by Gasteiger charge is -2.48. The van der Waals surface area contributed by atoms with Crippen LogP contribution < -0.4 is 9.47 Å². The molecule has 3 aliphatic rings. The van der Waals surface area contributed by atoms with Gasteiger partial charge in [-0.3, -0.25) is 9.59 Å². The summed E-state index contributed by atoms with van der Waals surface area (Å²) < 4.78 is 11.2. The molecule has 0 fully saturated rings. The van der Waals surface area contributed by atoms with Gasteiger partial charge in [0.25, 0.3) is 0 Å². The Bertz CT molecular complexity index is 1130. The van der Waals surface area contributed by atoms with Crippen molar-refractivity contribution in [3.05, 3.63) is 45.3 Å². The van der Waals surface area contributed by atoms with E-state index >= 15 is 0 Å². The molecular formula is C28H32ClNO4. The zero-order valence-electron chi connectivity index (χ0n) is 20.8. The minimum absolute atomic E-state index is 0.0510. The summed E-state index contributed by atoms with van der Waals surface area (Å²) in [5.74, 6) is 2.89. The summed E-state index contributed by atoms with van der Waals surface area (Å²) in [6, 6.07) is 3.60. The highest BCUT2D eigenvalue weighted by Gasteiger charge is 2.48. The van der Waals surface area contributed by atoms with Crippen molar-refractivity contribution < 1.29 is 19.1 Å². The second kappa shape index (κ2) is 8.50. The van der Waals surface area contributed by atoms with Gasteiger partial charge in [-0.2, -0.15) is 0 Å². The predicted molar refractivity (Wildman–Crippen MR) is 133 cm³/mol. The summed E-state index contributed by atoms with van der Waals surface area (Å²) in [6.07, 6.45) is 7.75. The number of benzene rings is 1. The molecule has 1 heterocycles. The van der Waals surface area contributed by atoms with Gasteiger partial charge in [-0.05, 0) is 41.4 Å². The molecule has 0 aromatic heterocycles. The third-order valence-electron chi connectivity index (χ3n) is 7.06. The molecule has 0 amide bonds. The number of halogens is 1. The first-order valence-corrected chi connectivity index (χ1v) is 12.0. The van der Waals surface area contributed by atoms with E-state index in [-0.39, 0.29) is 29.0 Å². The number of nitrogens with zero attached hydrogens (tertiary/aromatic N) is 1. The number of Topliss-reactive ketones (excluding diaryl/α,β-unsaturated/α-hetero) is 2. The molecule has 1 aromatic carbocycles. The van der Waals surface area contributed by atoms with Crippen molar-refractivity contribution in [1.29, 1.82) is 0 Å². The average Bonchev–Trinajstić information content (AvgIpc) is 2.72. The number of allylic oxidation sites excluding steroid dienone is 4. The van der Waals surface area contributed by atoms with Crippen LogP contribution in [-0.4, -0.2) is 37.2 Å². The highest BCUT2D eigenvalue weighted by Crippen LogP contribution is 2.55. The van der Waals surface area contributed by atoms with Crippen LogP contribution in [0.4, 0.5) is 0 Å². The maximum Gasteiger partial charge on any atom is 0.181 e. The first-order valence-electron chi connectivity index (χ1n) is 11.6. The maximum absolute atomic E-state index is 13.6. The fraction of sp³-hybridized carbons (Fsp3) is 0.500. The molecule has 0 radical (unpaired) electrons. The Morgan fingerprint density at radius 2 is 1.56 bits per heavy atom. The molecule has 0 atom stereocenters. The SMILES string of the molecule is C#CCOc1c(Cl)cc(C2C3=C(CC(C)(C)CC3=O)N(C)C3=C2C(=O)CC(C)(C)C3)cc1OC. The molecule has 0 spiro atoms. The second-order valence-corrected chi connectivity index (χ2v) is 11.5. The summed E-state index contributed by atoms with van der Waals surface area (Å²) >= 11 is 6.62. The fourth-order valence-corrected chi connectivity index (χ4v) is 5.93. The number of terminal acetylenes is 1. The van der Waals surface area contributed by atoms with Crippen LogP contribution in [0.3, 0.4) is 0 Å². The lowest BCUT2D eigenvalue weighted by molar-refractivity contribution is -0.119. The van der Waals surface area contributed by atoms with Gasteiger partial charge in [-0.15, -0.1) is 6.42 Å². The van der Waals surface area contributed by atoms with E-state index in [0.717, 1.165) is 29.8 Å². The second-order valence-electron chi connectivity index (χ2n) is 11.1. The fourth-order valence-electron chi connectivity index (χ4n) is 5.66. The Labute approximate surface area is 207 Å². The van der Waals surface area contributed by atoms with E-state index in [0.29, 0.717) is 40.5 Å². The van der Waals surface area contributed by atoms with Gasteiger partial charge >= 0.3 is 0 Å². The third-order valence-corrected chi connectivity index (χ3v) is 7.35. The number of rotatable bonds is 4. The Hall–Kier alpha value is -2.71. The number of carbonyl (C=O) groups is 2. The Morgan fingerprint density at radius 1 is 1.03 bits per heavy atom. The van der Waals surface area contributed by atoms with Crippen molar-refractivity contribution >= 4 is 23.2 Å². The smallest absolute Gasteiger partial charge is 0.181 e. The molecule has 0 saturated carbocycles. The van der Waals surface area contributed by atoms with Crippen LogP contribution >= 0.6 is 11.6 Å². The van der Waals surface area contributed by atoms with Crippen LogP contribution in [0.25, 0.3) is 0 Å². The largest absolute Gasteiger partial charge is 0.493 e. The van der Waals surface area contributed by atoms with Gasteiger partial charge in [0.05, 0.1) is 12.1 Å². The zero-order chi connectivity index (χ0) is 25.0. The number of methoxy groups -OCH3 is 1. The number of ether oxygens (including phenoxy) is 2. The molecule has 0 unspecified atom stereocenters. The van der Waals surface area contributed by atoms with E-state index in [1.165, 1.54) is 7.11 Å². The van der Waals surface area contributed by atoms with Gasteiger partial charge in [0.15, 0.2) is 23.1 Å². The molecule has 0 saturated heterocycles. The van der Waals surface area contributed by atoms with Crippen molar-refractivity contribution in [3.8, 4) is 23.8 Å². The first kappa shape index (κ1) is 24.4. The van der Waals surface area contributed by atoms with E-state index in [2.05, 4.69) is 38.5 Å². The summed E-state index contributed by atoms with van der Waals surface area (Å²) in [6.45, 7) is 8.53. The lowest BCUT2D eigenvalue weighted by Crippen LogP contribution is -2.43. The van der Waals surface area contributed by atoms with E-state index in [1.54, 1.807) is 6.07 Å². The van der Waals surface area contributed by atoms with Crippen LogP contribution in [0.2, 0.25) is 5.02 Å². The summed E-state index contributed by atoms with van der Waals surface area (Å²) in [4.78, 5) is 29.3. The quantitative estimate of drug-likeness (QED) is 0.518. The van der Waals surface area contributed by atoms with Crippen molar-refractivity contribution in [1.82, 2.24) is 4.90 Å². The van der Waals surface area contributed by atoms with Crippen LogP contribution in [0.15, 0.2) is 34.7 Å². The number of hydrogen-bond acceptors (Lipinski definition) is 5. The molecular weight excluding hydrogens is 450 g/mol. The topological polar surface area (TPSA) is 55.8 Å². The van der Waals surface area contributed by atoms with Gasteiger partial charge in [0.2, 0.25) is 0 Å². The molecule has 1 aromatic rings. The van der Waals surface area contributed by atoms with Gasteiger partial charge in [0, 0.05) is 48.3 Å². The van der Waals surface area contributed by atoms with Crippen LogP contribution in [0.5, 0.6) is 11.5 Å². The molecule has 0 N–H and O–H groups in total. The molecule has 1 aliphatic heterocycles. The Balaban J connectivity index is 1.96. The van der Waals surface area contributed by atoms with Gasteiger partial charge in [-0.25, -0.2) is 0 Å². The Morgan fingerprint density at radius 3 is 2.03 bits per heavy atom. The first-order chi connectivity index (χ1) is 15.9. The van der Waals surface area contributed by atoms with Crippen LogP contribution in [-0.2, 0) is 9.59 Å². The maximum atomic E-state index is 13.6. The van der Waals surface area contributed by atoms with Gasteiger partial charge in [-0.1, -0.05) is 45.2 Å². The van der Waals surface area contributed by atoms with Crippen molar-refractivity contribution in [2.75, 3.05) is 20.8 Å². The standard InChI is InChI=1S/C28H32ClNO4/c1-8-9-34-26-17(29)10-16(11-22(26)33-7)23-24-18(12-27(2,3)14-20(24)31)30(6)19-13-28(4,5)15-21(32)25(19)23/h1,10-11,23H,9,12-15H2,2-7H3. The van der Waals surface area contributed by atoms with E-state index in [1.807, 2.05) is 13.1 Å². The normalized spacial score (nSPS) is 21.8. The average molecular weight is 482 g/mol. The Kier molecular flexibility index (Phi) is 6.10. The number of ketones is 2. The van der Waals surface area contributed by atoms with Crippen molar-refractivity contribution in [2.24, 2.45) is 10.8 Å². The van der Waals surface area contributed by atoms with Gasteiger partial charge in [0.1, 0.15) is 6.61 Å². The molecule has 5 nitrogen and oxygen atoms in total. The highest BCUT2D eigenvalue weighted by molar-refractivity contribution is 6.32. The lowest BCUT2D eigenvalue weighted by atomic mass is 9.63. The van der Waals surface area contributed by atoms with Crippen molar-refractivity contribution in [3.63, 3.8) is 0 Å². The third kappa shape index (κ3) is 4.14.